The van der Waals surface area contributed by atoms with Gasteiger partial charge in [-0.15, -0.1) is 0 Å². The molecule has 2 heterocycles. The maximum Gasteiger partial charge on any atom is 0.338 e. The van der Waals surface area contributed by atoms with E-state index in [9.17, 15) is 4.79 Å². The normalized spacial score (nSPS) is 15.2. The molecule has 0 bridgehead atoms. The monoisotopic (exact) mass is 384 g/mol. The molecule has 0 amide bonds. The summed E-state index contributed by atoms with van der Waals surface area (Å²) in [5.41, 5.74) is 8.17. The number of hydrogen-bond acceptors (Lipinski definition) is 8. The number of benzene rings is 1. The number of carbonyl (C=O) groups is 1. The lowest BCUT2D eigenvalue weighted by molar-refractivity contribution is 0.0526. The first-order chi connectivity index (χ1) is 13.5. The number of nitrogen functional groups attached to an aromatic ring is 1. The largest absolute Gasteiger partial charge is 0.462 e. The number of carbonyl (C=O) groups excluding carboxylic acids is 1. The predicted octanol–water partition coefficient (Wildman–Crippen LogP) is 2.51. The van der Waals surface area contributed by atoms with Gasteiger partial charge in [-0.25, -0.2) is 14.8 Å². The molecule has 1 aromatic carbocycles. The first-order valence-corrected chi connectivity index (χ1v) is 9.55. The summed E-state index contributed by atoms with van der Waals surface area (Å²) in [5.74, 6) is 0.946. The Kier molecular flexibility index (Phi) is 6.30. The SMILES string of the molecule is CCOC(=O)c1ccc(Nc2ncnc(N(C)C3CCN(C)CC3)c2N)cc1. The molecule has 150 valence electrons. The Labute approximate surface area is 165 Å². The van der Waals surface area contributed by atoms with Crippen LogP contribution in [0.25, 0.3) is 0 Å². The van der Waals surface area contributed by atoms with Gasteiger partial charge in [-0.05, 0) is 64.2 Å². The van der Waals surface area contributed by atoms with E-state index in [1.807, 2.05) is 7.05 Å². The van der Waals surface area contributed by atoms with E-state index in [0.29, 0.717) is 29.7 Å². The number of esters is 1. The molecule has 0 unspecified atom stereocenters. The molecule has 3 N–H and O–H groups in total. The highest BCUT2D eigenvalue weighted by Gasteiger charge is 2.23. The Morgan fingerprint density at radius 3 is 2.61 bits per heavy atom. The molecule has 8 heteroatoms. The minimum absolute atomic E-state index is 0.336. The number of piperidine rings is 1. The van der Waals surface area contributed by atoms with Crippen LogP contribution in [-0.2, 0) is 4.74 Å². The van der Waals surface area contributed by atoms with E-state index in [1.54, 1.807) is 31.2 Å². The molecule has 1 aliphatic heterocycles. The van der Waals surface area contributed by atoms with Crippen molar-refractivity contribution in [2.75, 3.05) is 49.7 Å². The van der Waals surface area contributed by atoms with Crippen LogP contribution in [0.1, 0.15) is 30.1 Å². The van der Waals surface area contributed by atoms with Crippen LogP contribution < -0.4 is 16.0 Å². The quantitative estimate of drug-likeness (QED) is 0.734. The molecule has 0 atom stereocenters. The second kappa shape index (κ2) is 8.88. The van der Waals surface area contributed by atoms with Gasteiger partial charge in [-0.3, -0.25) is 0 Å². The van der Waals surface area contributed by atoms with Crippen molar-refractivity contribution in [3.8, 4) is 0 Å². The van der Waals surface area contributed by atoms with Crippen LogP contribution in [0, 0.1) is 0 Å². The first-order valence-electron chi connectivity index (χ1n) is 9.55. The van der Waals surface area contributed by atoms with Gasteiger partial charge in [-0.2, -0.15) is 0 Å². The molecule has 1 aliphatic rings. The fourth-order valence-corrected chi connectivity index (χ4v) is 3.36. The molecule has 0 spiro atoms. The lowest BCUT2D eigenvalue weighted by Crippen LogP contribution is -2.42. The third kappa shape index (κ3) is 4.51. The summed E-state index contributed by atoms with van der Waals surface area (Å²) < 4.78 is 5.00. The second-order valence-electron chi connectivity index (χ2n) is 7.03. The van der Waals surface area contributed by atoms with Crippen molar-refractivity contribution in [3.63, 3.8) is 0 Å². The molecule has 3 rings (SSSR count). The maximum absolute atomic E-state index is 11.8. The lowest BCUT2D eigenvalue weighted by atomic mass is 10.0. The van der Waals surface area contributed by atoms with Crippen LogP contribution in [0.15, 0.2) is 30.6 Å². The van der Waals surface area contributed by atoms with E-state index >= 15 is 0 Å². The highest BCUT2D eigenvalue weighted by molar-refractivity contribution is 5.90. The number of hydrogen-bond donors (Lipinski definition) is 2. The van der Waals surface area contributed by atoms with E-state index in [-0.39, 0.29) is 5.97 Å². The molecule has 1 saturated heterocycles. The first kappa shape index (κ1) is 19.9. The van der Waals surface area contributed by atoms with Gasteiger partial charge in [0.05, 0.1) is 12.2 Å². The van der Waals surface area contributed by atoms with Crippen LogP contribution in [0.5, 0.6) is 0 Å². The molecular weight excluding hydrogens is 356 g/mol. The topological polar surface area (TPSA) is 96.6 Å². The summed E-state index contributed by atoms with van der Waals surface area (Å²) in [5, 5.41) is 3.21. The van der Waals surface area contributed by atoms with Gasteiger partial charge < -0.3 is 25.6 Å². The van der Waals surface area contributed by atoms with Gasteiger partial charge in [0.15, 0.2) is 11.6 Å². The van der Waals surface area contributed by atoms with Gasteiger partial charge in [0.1, 0.15) is 12.0 Å². The Morgan fingerprint density at radius 1 is 1.29 bits per heavy atom. The van der Waals surface area contributed by atoms with Gasteiger partial charge in [0.2, 0.25) is 0 Å². The van der Waals surface area contributed by atoms with E-state index in [0.717, 1.165) is 37.4 Å². The number of anilines is 4. The van der Waals surface area contributed by atoms with Crippen molar-refractivity contribution in [1.82, 2.24) is 14.9 Å². The van der Waals surface area contributed by atoms with Gasteiger partial charge in [0, 0.05) is 18.8 Å². The third-order valence-electron chi connectivity index (χ3n) is 5.09. The molecule has 0 aliphatic carbocycles. The van der Waals surface area contributed by atoms with Gasteiger partial charge >= 0.3 is 5.97 Å². The Balaban J connectivity index is 1.73. The molecule has 28 heavy (non-hydrogen) atoms. The van der Waals surface area contributed by atoms with Crippen molar-refractivity contribution in [2.24, 2.45) is 0 Å². The van der Waals surface area contributed by atoms with Crippen molar-refractivity contribution < 1.29 is 9.53 Å². The smallest absolute Gasteiger partial charge is 0.338 e. The van der Waals surface area contributed by atoms with E-state index in [4.69, 9.17) is 10.5 Å². The van der Waals surface area contributed by atoms with E-state index in [1.165, 1.54) is 6.33 Å². The van der Waals surface area contributed by atoms with Crippen LogP contribution in [0.2, 0.25) is 0 Å². The summed E-state index contributed by atoms with van der Waals surface area (Å²) in [6.07, 6.45) is 3.68. The molecular formula is C20H28N6O2. The Bertz CT molecular complexity index is 803. The molecule has 0 radical (unpaired) electrons. The van der Waals surface area contributed by atoms with E-state index in [2.05, 4.69) is 32.1 Å². The zero-order chi connectivity index (χ0) is 20.1. The lowest BCUT2D eigenvalue weighted by Gasteiger charge is -2.36. The van der Waals surface area contributed by atoms with Crippen LogP contribution >= 0.6 is 0 Å². The number of nitrogens with zero attached hydrogens (tertiary/aromatic N) is 4. The van der Waals surface area contributed by atoms with Crippen LogP contribution in [-0.4, -0.2) is 60.7 Å². The average Bonchev–Trinajstić information content (AvgIpc) is 2.70. The summed E-state index contributed by atoms with van der Waals surface area (Å²) >= 11 is 0. The number of likely N-dealkylation sites (tertiary alicyclic amines) is 1. The number of nitrogens with two attached hydrogens (primary N) is 1. The highest BCUT2D eigenvalue weighted by atomic mass is 16.5. The van der Waals surface area contributed by atoms with Crippen molar-refractivity contribution >= 4 is 29.0 Å². The van der Waals surface area contributed by atoms with Crippen molar-refractivity contribution in [1.29, 1.82) is 0 Å². The van der Waals surface area contributed by atoms with Crippen molar-refractivity contribution in [3.05, 3.63) is 36.2 Å². The maximum atomic E-state index is 11.8. The summed E-state index contributed by atoms with van der Waals surface area (Å²) in [4.78, 5) is 24.9. The predicted molar refractivity (Wildman–Crippen MR) is 111 cm³/mol. The number of ether oxygens (including phenoxy) is 1. The number of nitrogens with one attached hydrogen (secondary N) is 1. The third-order valence-corrected chi connectivity index (χ3v) is 5.09. The fourth-order valence-electron chi connectivity index (χ4n) is 3.36. The van der Waals surface area contributed by atoms with Gasteiger partial charge in [-0.1, -0.05) is 0 Å². The highest BCUT2D eigenvalue weighted by Crippen LogP contribution is 2.30. The minimum atomic E-state index is -0.336. The molecule has 1 aromatic heterocycles. The molecule has 2 aromatic rings. The minimum Gasteiger partial charge on any atom is -0.462 e. The summed E-state index contributed by atoms with van der Waals surface area (Å²) in [6, 6.07) is 7.43. The molecule has 1 fully saturated rings. The standard InChI is InChI=1S/C20H28N6O2/c1-4-28-20(27)14-5-7-15(8-6-14)24-18-17(21)19(23-13-22-18)26(3)16-9-11-25(2)12-10-16/h5-8,13,16H,4,9-12,21H2,1-3H3,(H,22,23,24). The molecule has 8 nitrogen and oxygen atoms in total. The van der Waals surface area contributed by atoms with Crippen molar-refractivity contribution in [2.45, 2.75) is 25.8 Å². The Hall–Kier alpha value is -2.87. The zero-order valence-electron chi connectivity index (χ0n) is 16.7. The summed E-state index contributed by atoms with van der Waals surface area (Å²) in [7, 11) is 4.18. The van der Waals surface area contributed by atoms with Gasteiger partial charge in [0.25, 0.3) is 0 Å². The Morgan fingerprint density at radius 2 is 1.96 bits per heavy atom. The average molecular weight is 384 g/mol. The number of rotatable bonds is 6. The van der Waals surface area contributed by atoms with Crippen LogP contribution in [0.4, 0.5) is 23.0 Å². The second-order valence-corrected chi connectivity index (χ2v) is 7.03. The molecule has 0 saturated carbocycles. The zero-order valence-corrected chi connectivity index (χ0v) is 16.7. The number of aromatic nitrogens is 2. The van der Waals surface area contributed by atoms with E-state index < -0.39 is 0 Å². The van der Waals surface area contributed by atoms with Crippen LogP contribution in [0.3, 0.4) is 0 Å². The fraction of sp³-hybridized carbons (Fsp3) is 0.450. The summed E-state index contributed by atoms with van der Waals surface area (Å²) in [6.45, 7) is 4.27.